The molecule has 2 nitrogen and oxygen atoms in total. The maximum Gasteiger partial charge on any atom is 0.0991 e. The standard InChI is InChI=1S/C14H14N2S/c1-2-16(11-14-4-3-9-17-14)13-7-5-12(10-15)6-8-13/h3-9H,2,11H2,1H3. The van der Waals surface area contributed by atoms with Crippen LogP contribution in [0.15, 0.2) is 41.8 Å². The van der Waals surface area contributed by atoms with Crippen molar-refractivity contribution in [3.63, 3.8) is 0 Å². The van der Waals surface area contributed by atoms with Crippen molar-refractivity contribution in [2.24, 2.45) is 0 Å². The molecule has 0 amide bonds. The maximum atomic E-state index is 8.77. The summed E-state index contributed by atoms with van der Waals surface area (Å²) >= 11 is 1.77. The Morgan fingerprint density at radius 3 is 2.53 bits per heavy atom. The largest absolute Gasteiger partial charge is 0.367 e. The lowest BCUT2D eigenvalue weighted by Gasteiger charge is -2.22. The smallest absolute Gasteiger partial charge is 0.0991 e. The van der Waals surface area contributed by atoms with E-state index < -0.39 is 0 Å². The van der Waals surface area contributed by atoms with Gasteiger partial charge in [-0.2, -0.15) is 5.26 Å². The van der Waals surface area contributed by atoms with Crippen molar-refractivity contribution in [3.8, 4) is 6.07 Å². The number of hydrogen-bond acceptors (Lipinski definition) is 3. The number of thiophene rings is 1. The summed E-state index contributed by atoms with van der Waals surface area (Å²) in [6.07, 6.45) is 0. The Balaban J connectivity index is 2.14. The molecule has 1 aromatic carbocycles. The van der Waals surface area contributed by atoms with E-state index in [1.807, 2.05) is 24.3 Å². The number of anilines is 1. The summed E-state index contributed by atoms with van der Waals surface area (Å²) < 4.78 is 0. The van der Waals surface area contributed by atoms with Crippen LogP contribution in [-0.2, 0) is 6.54 Å². The number of hydrogen-bond donors (Lipinski definition) is 0. The summed E-state index contributed by atoms with van der Waals surface area (Å²) in [5.74, 6) is 0. The molecule has 0 fully saturated rings. The van der Waals surface area contributed by atoms with Gasteiger partial charge in [0.25, 0.3) is 0 Å². The normalized spacial score (nSPS) is 9.88. The van der Waals surface area contributed by atoms with Gasteiger partial charge in [0.1, 0.15) is 0 Å². The number of nitrogens with zero attached hydrogens (tertiary/aromatic N) is 2. The van der Waals surface area contributed by atoms with Crippen LogP contribution in [-0.4, -0.2) is 6.54 Å². The third-order valence-corrected chi connectivity index (χ3v) is 3.53. The first-order valence-electron chi connectivity index (χ1n) is 5.61. The SMILES string of the molecule is CCN(Cc1cccs1)c1ccc(C#N)cc1. The molecule has 0 aliphatic carbocycles. The third-order valence-electron chi connectivity index (χ3n) is 2.67. The van der Waals surface area contributed by atoms with E-state index in [-0.39, 0.29) is 0 Å². The molecular weight excluding hydrogens is 228 g/mol. The van der Waals surface area contributed by atoms with E-state index in [9.17, 15) is 0 Å². The fourth-order valence-electron chi connectivity index (χ4n) is 1.72. The van der Waals surface area contributed by atoms with Crippen LogP contribution in [0, 0.1) is 11.3 Å². The molecule has 0 bridgehead atoms. The average molecular weight is 242 g/mol. The van der Waals surface area contributed by atoms with Crippen molar-refractivity contribution < 1.29 is 0 Å². The lowest BCUT2D eigenvalue weighted by Crippen LogP contribution is -2.21. The molecular formula is C14H14N2S. The Morgan fingerprint density at radius 2 is 2.00 bits per heavy atom. The van der Waals surface area contributed by atoms with Crippen LogP contribution in [0.25, 0.3) is 0 Å². The summed E-state index contributed by atoms with van der Waals surface area (Å²) in [5, 5.41) is 10.9. The number of rotatable bonds is 4. The Hall–Kier alpha value is -1.79. The monoisotopic (exact) mass is 242 g/mol. The van der Waals surface area contributed by atoms with Gasteiger partial charge < -0.3 is 4.90 Å². The Kier molecular flexibility index (Phi) is 3.79. The van der Waals surface area contributed by atoms with Gasteiger partial charge in [-0.3, -0.25) is 0 Å². The highest BCUT2D eigenvalue weighted by Gasteiger charge is 2.05. The molecule has 2 aromatic rings. The summed E-state index contributed by atoms with van der Waals surface area (Å²) in [5.41, 5.74) is 1.88. The number of benzene rings is 1. The molecule has 0 spiro atoms. The van der Waals surface area contributed by atoms with Crippen LogP contribution in [0.5, 0.6) is 0 Å². The topological polar surface area (TPSA) is 27.0 Å². The van der Waals surface area contributed by atoms with E-state index in [1.54, 1.807) is 11.3 Å². The van der Waals surface area contributed by atoms with Crippen molar-refractivity contribution in [2.75, 3.05) is 11.4 Å². The van der Waals surface area contributed by atoms with Gasteiger partial charge in [-0.15, -0.1) is 11.3 Å². The lowest BCUT2D eigenvalue weighted by atomic mass is 10.2. The van der Waals surface area contributed by atoms with Gasteiger partial charge in [0.2, 0.25) is 0 Å². The lowest BCUT2D eigenvalue weighted by molar-refractivity contribution is 0.842. The van der Waals surface area contributed by atoms with Gasteiger partial charge in [0.15, 0.2) is 0 Å². The zero-order valence-corrected chi connectivity index (χ0v) is 10.6. The number of nitriles is 1. The predicted molar refractivity (Wildman–Crippen MR) is 72.2 cm³/mol. The van der Waals surface area contributed by atoms with Gasteiger partial charge in [0.05, 0.1) is 18.2 Å². The first-order chi connectivity index (χ1) is 8.33. The van der Waals surface area contributed by atoms with E-state index in [2.05, 4.69) is 35.4 Å². The van der Waals surface area contributed by atoms with Gasteiger partial charge in [0, 0.05) is 17.1 Å². The molecule has 0 aliphatic rings. The van der Waals surface area contributed by atoms with Crippen LogP contribution in [0.4, 0.5) is 5.69 Å². The molecule has 86 valence electrons. The average Bonchev–Trinajstić information content (AvgIpc) is 2.89. The Labute approximate surface area is 106 Å². The third kappa shape index (κ3) is 2.86. The molecule has 1 heterocycles. The van der Waals surface area contributed by atoms with E-state index >= 15 is 0 Å². The maximum absolute atomic E-state index is 8.77. The second kappa shape index (κ2) is 5.51. The van der Waals surface area contributed by atoms with Crippen LogP contribution in [0.2, 0.25) is 0 Å². The second-order valence-corrected chi connectivity index (χ2v) is 4.78. The van der Waals surface area contributed by atoms with E-state index in [4.69, 9.17) is 5.26 Å². The first kappa shape index (κ1) is 11.7. The molecule has 17 heavy (non-hydrogen) atoms. The highest BCUT2D eigenvalue weighted by Crippen LogP contribution is 2.19. The van der Waals surface area contributed by atoms with Crippen molar-refractivity contribution in [2.45, 2.75) is 13.5 Å². The van der Waals surface area contributed by atoms with Crippen molar-refractivity contribution in [3.05, 3.63) is 52.2 Å². The van der Waals surface area contributed by atoms with Crippen molar-refractivity contribution in [1.29, 1.82) is 5.26 Å². The summed E-state index contributed by atoms with van der Waals surface area (Å²) in [7, 11) is 0. The highest BCUT2D eigenvalue weighted by atomic mass is 32.1. The summed E-state index contributed by atoms with van der Waals surface area (Å²) in [4.78, 5) is 3.66. The van der Waals surface area contributed by atoms with E-state index in [1.165, 1.54) is 10.6 Å². The van der Waals surface area contributed by atoms with Gasteiger partial charge in [-0.05, 0) is 42.6 Å². The highest BCUT2D eigenvalue weighted by molar-refractivity contribution is 7.09. The van der Waals surface area contributed by atoms with Gasteiger partial charge >= 0.3 is 0 Å². The fraction of sp³-hybridized carbons (Fsp3) is 0.214. The van der Waals surface area contributed by atoms with E-state index in [0.717, 1.165) is 13.1 Å². The molecule has 0 unspecified atom stereocenters. The molecule has 0 aliphatic heterocycles. The van der Waals surface area contributed by atoms with Crippen LogP contribution in [0.1, 0.15) is 17.4 Å². The molecule has 0 radical (unpaired) electrons. The molecule has 0 atom stereocenters. The Bertz CT molecular complexity index is 494. The molecule has 2 rings (SSSR count). The van der Waals surface area contributed by atoms with Crippen molar-refractivity contribution in [1.82, 2.24) is 0 Å². The van der Waals surface area contributed by atoms with Crippen LogP contribution < -0.4 is 4.90 Å². The summed E-state index contributed by atoms with van der Waals surface area (Å²) in [6.45, 7) is 4.04. The second-order valence-electron chi connectivity index (χ2n) is 3.75. The molecule has 1 aromatic heterocycles. The van der Waals surface area contributed by atoms with Gasteiger partial charge in [-0.25, -0.2) is 0 Å². The summed E-state index contributed by atoms with van der Waals surface area (Å²) in [6, 6.07) is 14.1. The quantitative estimate of drug-likeness (QED) is 0.818. The van der Waals surface area contributed by atoms with Crippen molar-refractivity contribution >= 4 is 17.0 Å². The van der Waals surface area contributed by atoms with Gasteiger partial charge in [-0.1, -0.05) is 6.07 Å². The predicted octanol–water partition coefficient (Wildman–Crippen LogP) is 3.65. The van der Waals surface area contributed by atoms with Crippen LogP contribution in [0.3, 0.4) is 0 Å². The first-order valence-corrected chi connectivity index (χ1v) is 6.49. The molecule has 0 saturated heterocycles. The molecule has 0 saturated carbocycles. The zero-order valence-electron chi connectivity index (χ0n) is 9.76. The van der Waals surface area contributed by atoms with E-state index in [0.29, 0.717) is 5.56 Å². The van der Waals surface area contributed by atoms with Crippen LogP contribution >= 0.6 is 11.3 Å². The fourth-order valence-corrected chi connectivity index (χ4v) is 2.44. The minimum absolute atomic E-state index is 0.709. The Morgan fingerprint density at radius 1 is 1.24 bits per heavy atom. The minimum Gasteiger partial charge on any atom is -0.367 e. The zero-order chi connectivity index (χ0) is 12.1. The molecule has 0 N–H and O–H groups in total. The minimum atomic E-state index is 0.709. The molecule has 3 heteroatoms.